The molecule has 3 unspecified atom stereocenters. The highest BCUT2D eigenvalue weighted by molar-refractivity contribution is 5.79. The Morgan fingerprint density at radius 1 is 1.35 bits per heavy atom. The highest BCUT2D eigenvalue weighted by Gasteiger charge is 2.59. The maximum absolute atomic E-state index is 12.0. The van der Waals surface area contributed by atoms with Crippen molar-refractivity contribution < 1.29 is 14.3 Å². The third kappa shape index (κ3) is 3.37. The predicted octanol–water partition coefficient (Wildman–Crippen LogP) is 2.85. The van der Waals surface area contributed by atoms with Crippen LogP contribution in [0.1, 0.15) is 44.9 Å². The monoisotopic (exact) mass is 277 g/mol. The molecule has 0 radical (unpaired) electrons. The van der Waals surface area contributed by atoms with Crippen molar-refractivity contribution in [2.75, 3.05) is 6.61 Å². The lowest BCUT2D eigenvalue weighted by Gasteiger charge is -2.19. The van der Waals surface area contributed by atoms with Gasteiger partial charge in [-0.1, -0.05) is 6.07 Å². The number of hydrogen-bond acceptors (Lipinski definition) is 4. The molecule has 0 aliphatic heterocycles. The summed E-state index contributed by atoms with van der Waals surface area (Å²) in [6.45, 7) is 10.2. The number of nitrogens with zero attached hydrogens (tertiary/aromatic N) is 1. The standard InChI is InChI=1S/C16H23NO3/c1-6-19-15(18)13-12(14(13)20-16(3,4)5)11-8-7-10(2)9-17-11/h7-9,12-14H,6H2,1-5H3. The van der Waals surface area contributed by atoms with E-state index in [1.807, 2.05) is 52.9 Å². The lowest BCUT2D eigenvalue weighted by Crippen LogP contribution is -2.23. The minimum atomic E-state index is -0.283. The van der Waals surface area contributed by atoms with E-state index in [0.717, 1.165) is 11.3 Å². The topological polar surface area (TPSA) is 48.4 Å². The fourth-order valence-electron chi connectivity index (χ4n) is 2.39. The largest absolute Gasteiger partial charge is 0.466 e. The van der Waals surface area contributed by atoms with Gasteiger partial charge in [0.15, 0.2) is 0 Å². The number of esters is 1. The highest BCUT2D eigenvalue weighted by Crippen LogP contribution is 2.51. The molecular formula is C16H23NO3. The highest BCUT2D eigenvalue weighted by atomic mass is 16.5. The molecule has 2 rings (SSSR count). The van der Waals surface area contributed by atoms with Crippen molar-refractivity contribution in [2.24, 2.45) is 5.92 Å². The number of rotatable bonds is 4. The van der Waals surface area contributed by atoms with Crippen molar-refractivity contribution >= 4 is 5.97 Å². The van der Waals surface area contributed by atoms with Gasteiger partial charge in [0.25, 0.3) is 0 Å². The van der Waals surface area contributed by atoms with Crippen LogP contribution in [0.15, 0.2) is 18.3 Å². The Morgan fingerprint density at radius 3 is 2.55 bits per heavy atom. The number of hydrogen-bond donors (Lipinski definition) is 0. The summed E-state index contributed by atoms with van der Waals surface area (Å²) in [5.74, 6) is -0.410. The lowest BCUT2D eigenvalue weighted by molar-refractivity contribution is -0.146. The van der Waals surface area contributed by atoms with Gasteiger partial charge in [0, 0.05) is 17.8 Å². The molecule has 1 aliphatic carbocycles. The van der Waals surface area contributed by atoms with Crippen LogP contribution in [0.5, 0.6) is 0 Å². The smallest absolute Gasteiger partial charge is 0.312 e. The van der Waals surface area contributed by atoms with Gasteiger partial charge in [-0.15, -0.1) is 0 Å². The molecule has 0 amide bonds. The first-order chi connectivity index (χ1) is 9.33. The minimum Gasteiger partial charge on any atom is -0.466 e. The molecule has 1 aromatic rings. The van der Waals surface area contributed by atoms with E-state index < -0.39 is 0 Å². The number of carbonyl (C=O) groups excluding carboxylic acids is 1. The molecule has 4 nitrogen and oxygen atoms in total. The predicted molar refractivity (Wildman–Crippen MR) is 76.5 cm³/mol. The van der Waals surface area contributed by atoms with E-state index in [1.165, 1.54) is 0 Å². The zero-order chi connectivity index (χ0) is 14.9. The van der Waals surface area contributed by atoms with Gasteiger partial charge in [-0.05, 0) is 46.2 Å². The molecule has 1 heterocycles. The van der Waals surface area contributed by atoms with E-state index >= 15 is 0 Å². The van der Waals surface area contributed by atoms with E-state index in [2.05, 4.69) is 4.98 Å². The molecule has 110 valence electrons. The van der Waals surface area contributed by atoms with Crippen LogP contribution in [0.4, 0.5) is 0 Å². The molecule has 0 saturated heterocycles. The SMILES string of the molecule is CCOC(=O)C1C(OC(C)(C)C)C1c1ccc(C)cn1. The van der Waals surface area contributed by atoms with Crippen molar-refractivity contribution in [1.82, 2.24) is 4.98 Å². The quantitative estimate of drug-likeness (QED) is 0.794. The molecule has 20 heavy (non-hydrogen) atoms. The maximum atomic E-state index is 12.0. The summed E-state index contributed by atoms with van der Waals surface area (Å²) in [5, 5.41) is 0. The molecule has 1 aliphatic rings. The number of pyridine rings is 1. The van der Waals surface area contributed by atoms with Crippen LogP contribution in [0.3, 0.4) is 0 Å². The van der Waals surface area contributed by atoms with Crippen molar-refractivity contribution in [3.05, 3.63) is 29.6 Å². The van der Waals surface area contributed by atoms with Crippen molar-refractivity contribution in [1.29, 1.82) is 0 Å². The fraction of sp³-hybridized carbons (Fsp3) is 0.625. The summed E-state index contributed by atoms with van der Waals surface area (Å²) in [4.78, 5) is 16.4. The Morgan fingerprint density at radius 2 is 2.05 bits per heavy atom. The number of aryl methyl sites for hydroxylation is 1. The molecule has 0 spiro atoms. The van der Waals surface area contributed by atoms with Gasteiger partial charge in [0.05, 0.1) is 24.2 Å². The molecule has 0 aromatic carbocycles. The summed E-state index contributed by atoms with van der Waals surface area (Å²) in [6.07, 6.45) is 1.69. The van der Waals surface area contributed by atoms with Gasteiger partial charge in [-0.2, -0.15) is 0 Å². The van der Waals surface area contributed by atoms with E-state index in [4.69, 9.17) is 9.47 Å². The van der Waals surface area contributed by atoms with Crippen LogP contribution in [-0.2, 0) is 14.3 Å². The third-order valence-electron chi connectivity index (χ3n) is 3.28. The number of carbonyl (C=O) groups is 1. The van der Waals surface area contributed by atoms with Crippen molar-refractivity contribution in [2.45, 2.75) is 52.2 Å². The molecule has 3 atom stereocenters. The summed E-state index contributed by atoms with van der Waals surface area (Å²) >= 11 is 0. The Balaban J connectivity index is 2.16. The zero-order valence-electron chi connectivity index (χ0n) is 12.8. The van der Waals surface area contributed by atoms with Gasteiger partial charge in [0.2, 0.25) is 0 Å². The van der Waals surface area contributed by atoms with E-state index in [9.17, 15) is 4.79 Å². The number of aromatic nitrogens is 1. The second-order valence-corrected chi connectivity index (χ2v) is 6.26. The van der Waals surface area contributed by atoms with Crippen molar-refractivity contribution in [3.8, 4) is 0 Å². The molecule has 4 heteroatoms. The lowest BCUT2D eigenvalue weighted by atomic mass is 10.2. The van der Waals surface area contributed by atoms with Gasteiger partial charge in [0.1, 0.15) is 0 Å². The van der Waals surface area contributed by atoms with Crippen LogP contribution in [0.25, 0.3) is 0 Å². The van der Waals surface area contributed by atoms with Crippen LogP contribution in [0, 0.1) is 12.8 Å². The summed E-state index contributed by atoms with van der Waals surface area (Å²) in [6, 6.07) is 3.98. The van der Waals surface area contributed by atoms with Gasteiger partial charge >= 0.3 is 5.97 Å². The summed E-state index contributed by atoms with van der Waals surface area (Å²) in [7, 11) is 0. The van der Waals surface area contributed by atoms with Gasteiger partial charge in [-0.3, -0.25) is 9.78 Å². The summed E-state index contributed by atoms with van der Waals surface area (Å²) < 4.78 is 11.1. The Hall–Kier alpha value is -1.42. The first-order valence-electron chi connectivity index (χ1n) is 7.10. The number of ether oxygens (including phenoxy) is 2. The molecule has 1 aromatic heterocycles. The van der Waals surface area contributed by atoms with E-state index in [1.54, 1.807) is 0 Å². The van der Waals surface area contributed by atoms with Crippen molar-refractivity contribution in [3.63, 3.8) is 0 Å². The molecule has 1 fully saturated rings. The van der Waals surface area contributed by atoms with E-state index in [0.29, 0.717) is 6.61 Å². The summed E-state index contributed by atoms with van der Waals surface area (Å²) in [5.41, 5.74) is 1.73. The molecule has 0 bridgehead atoms. The van der Waals surface area contributed by atoms with Crippen LogP contribution < -0.4 is 0 Å². The maximum Gasteiger partial charge on any atom is 0.312 e. The van der Waals surface area contributed by atoms with Crippen LogP contribution >= 0.6 is 0 Å². The van der Waals surface area contributed by atoms with Crippen LogP contribution in [0.2, 0.25) is 0 Å². The Bertz CT molecular complexity index is 475. The van der Waals surface area contributed by atoms with Gasteiger partial charge in [-0.25, -0.2) is 0 Å². The molecule has 0 N–H and O–H groups in total. The molecular weight excluding hydrogens is 254 g/mol. The van der Waals surface area contributed by atoms with Gasteiger partial charge < -0.3 is 9.47 Å². The minimum absolute atomic E-state index is 0.00822. The Labute approximate surface area is 120 Å². The average Bonchev–Trinajstić information content (AvgIpc) is 3.02. The second-order valence-electron chi connectivity index (χ2n) is 6.26. The first-order valence-corrected chi connectivity index (χ1v) is 7.10. The third-order valence-corrected chi connectivity index (χ3v) is 3.28. The van der Waals surface area contributed by atoms with Crippen LogP contribution in [-0.4, -0.2) is 29.3 Å². The normalized spacial score (nSPS) is 25.4. The Kier molecular flexibility index (Phi) is 4.14. The van der Waals surface area contributed by atoms with E-state index in [-0.39, 0.29) is 29.5 Å². The fourth-order valence-corrected chi connectivity index (χ4v) is 2.39. The molecule has 1 saturated carbocycles. The zero-order valence-corrected chi connectivity index (χ0v) is 12.8. The second kappa shape index (κ2) is 5.52. The average molecular weight is 277 g/mol. The first kappa shape index (κ1) is 15.0.